The van der Waals surface area contributed by atoms with Crippen molar-refractivity contribution in [1.29, 1.82) is 0 Å². The number of amides is 1. The summed E-state index contributed by atoms with van der Waals surface area (Å²) >= 11 is 0. The summed E-state index contributed by atoms with van der Waals surface area (Å²) in [7, 11) is 0. The van der Waals surface area contributed by atoms with Gasteiger partial charge >= 0.3 is 0 Å². The molecule has 32 heavy (non-hydrogen) atoms. The van der Waals surface area contributed by atoms with Gasteiger partial charge in [-0.05, 0) is 42.8 Å². The fourth-order valence-electron chi connectivity index (χ4n) is 3.20. The van der Waals surface area contributed by atoms with Gasteiger partial charge in [-0.25, -0.2) is 4.98 Å². The first kappa shape index (κ1) is 19.4. The van der Waals surface area contributed by atoms with E-state index in [2.05, 4.69) is 20.4 Å². The Hall–Kier alpha value is -4.60. The maximum absolute atomic E-state index is 12.6. The maximum atomic E-state index is 12.6. The van der Waals surface area contributed by atoms with Crippen LogP contribution in [0.15, 0.2) is 64.0 Å². The van der Waals surface area contributed by atoms with E-state index in [1.807, 2.05) is 6.07 Å². The number of H-pyrrole nitrogens is 1. The Balaban J connectivity index is 1.44. The first-order chi connectivity index (χ1) is 15.5. The van der Waals surface area contributed by atoms with Crippen LogP contribution in [0.2, 0.25) is 0 Å². The molecule has 0 aliphatic carbocycles. The number of aryl methyl sites for hydroxylation is 1. The lowest BCUT2D eigenvalue weighted by molar-refractivity contribution is -0.111. The molecule has 3 aromatic heterocycles. The lowest BCUT2D eigenvalue weighted by Gasteiger charge is -2.07. The highest BCUT2D eigenvalue weighted by molar-refractivity contribution is 6.01. The molecule has 10 nitrogen and oxygen atoms in total. The van der Waals surface area contributed by atoms with Gasteiger partial charge in [-0.15, -0.1) is 0 Å². The molecule has 5 rings (SSSR count). The van der Waals surface area contributed by atoms with E-state index in [4.69, 9.17) is 13.9 Å². The van der Waals surface area contributed by atoms with Crippen LogP contribution < -0.4 is 20.3 Å². The molecule has 0 bridgehead atoms. The SMILES string of the molecule is Cc1cc(=O)[nH]c(-n2nc(-c3ccco3)cc2NC(=O)/C=C\c2ccc3c(c2)OCO3)n1. The summed E-state index contributed by atoms with van der Waals surface area (Å²) in [6, 6.07) is 11.9. The average molecular weight is 431 g/mol. The van der Waals surface area contributed by atoms with Crippen LogP contribution in [0, 0.1) is 6.92 Å². The Labute approximate surface area is 181 Å². The minimum absolute atomic E-state index is 0.169. The van der Waals surface area contributed by atoms with Crippen LogP contribution in [0.1, 0.15) is 11.3 Å². The van der Waals surface area contributed by atoms with Crippen molar-refractivity contribution in [1.82, 2.24) is 19.7 Å². The van der Waals surface area contributed by atoms with Crippen molar-refractivity contribution in [3.05, 3.63) is 76.4 Å². The van der Waals surface area contributed by atoms with E-state index in [0.29, 0.717) is 34.5 Å². The molecule has 1 amide bonds. The number of fused-ring (bicyclic) bond motifs is 1. The van der Waals surface area contributed by atoms with Gasteiger partial charge in [-0.1, -0.05) is 6.07 Å². The predicted molar refractivity (Wildman–Crippen MR) is 115 cm³/mol. The Morgan fingerprint density at radius 1 is 1.19 bits per heavy atom. The highest BCUT2D eigenvalue weighted by Crippen LogP contribution is 2.32. The first-order valence-electron chi connectivity index (χ1n) is 9.66. The summed E-state index contributed by atoms with van der Waals surface area (Å²) in [6.45, 7) is 1.88. The molecule has 0 atom stereocenters. The topological polar surface area (TPSA) is 124 Å². The molecule has 1 aromatic carbocycles. The van der Waals surface area contributed by atoms with Crippen LogP contribution >= 0.6 is 0 Å². The van der Waals surface area contributed by atoms with Gasteiger partial charge < -0.3 is 19.2 Å². The van der Waals surface area contributed by atoms with Crippen molar-refractivity contribution >= 4 is 17.8 Å². The number of hydrogen-bond donors (Lipinski definition) is 2. The van der Waals surface area contributed by atoms with Gasteiger partial charge in [-0.3, -0.25) is 14.6 Å². The molecule has 0 saturated carbocycles. The Bertz CT molecular complexity index is 1380. The summed E-state index contributed by atoms with van der Waals surface area (Å²) in [5.41, 5.74) is 1.43. The number of rotatable bonds is 5. The van der Waals surface area contributed by atoms with E-state index in [-0.39, 0.29) is 18.3 Å². The van der Waals surface area contributed by atoms with Crippen LogP contribution in [-0.2, 0) is 4.79 Å². The third kappa shape index (κ3) is 3.88. The number of aromatic nitrogens is 4. The van der Waals surface area contributed by atoms with E-state index in [0.717, 1.165) is 5.56 Å². The number of ether oxygens (including phenoxy) is 2. The molecule has 0 radical (unpaired) electrons. The highest BCUT2D eigenvalue weighted by atomic mass is 16.7. The number of carbonyl (C=O) groups excluding carboxylic acids is 1. The van der Waals surface area contributed by atoms with E-state index in [9.17, 15) is 9.59 Å². The summed E-state index contributed by atoms with van der Waals surface area (Å²) in [6.07, 6.45) is 4.56. The highest BCUT2D eigenvalue weighted by Gasteiger charge is 2.17. The van der Waals surface area contributed by atoms with E-state index in [1.54, 1.807) is 43.3 Å². The molecule has 10 heteroatoms. The minimum Gasteiger partial charge on any atom is -0.463 e. The van der Waals surface area contributed by atoms with Crippen LogP contribution in [-0.4, -0.2) is 32.4 Å². The second kappa shape index (κ2) is 7.91. The lowest BCUT2D eigenvalue weighted by atomic mass is 10.2. The van der Waals surface area contributed by atoms with Crippen molar-refractivity contribution in [2.75, 3.05) is 12.1 Å². The van der Waals surface area contributed by atoms with Crippen LogP contribution in [0.25, 0.3) is 23.5 Å². The number of furan rings is 1. The van der Waals surface area contributed by atoms with Crippen molar-refractivity contribution in [3.8, 4) is 28.9 Å². The molecule has 160 valence electrons. The minimum atomic E-state index is -0.398. The Kier molecular flexibility index (Phi) is 4.79. The van der Waals surface area contributed by atoms with E-state index in [1.165, 1.54) is 23.1 Å². The fourth-order valence-corrected chi connectivity index (χ4v) is 3.20. The molecule has 0 fully saturated rings. The van der Waals surface area contributed by atoms with Crippen LogP contribution in [0.4, 0.5) is 5.82 Å². The predicted octanol–water partition coefficient (Wildman–Crippen LogP) is 2.90. The molecular formula is C22H17N5O5. The zero-order chi connectivity index (χ0) is 22.1. The number of aromatic amines is 1. The lowest BCUT2D eigenvalue weighted by Crippen LogP contribution is -2.17. The summed E-state index contributed by atoms with van der Waals surface area (Å²) in [5.74, 6) is 1.88. The van der Waals surface area contributed by atoms with E-state index >= 15 is 0 Å². The molecular weight excluding hydrogens is 414 g/mol. The normalized spacial score (nSPS) is 12.4. The van der Waals surface area contributed by atoms with Gasteiger partial charge in [0, 0.05) is 23.9 Å². The number of anilines is 1. The van der Waals surface area contributed by atoms with Gasteiger partial charge in [0.1, 0.15) is 11.5 Å². The zero-order valence-electron chi connectivity index (χ0n) is 16.9. The second-order valence-electron chi connectivity index (χ2n) is 6.95. The van der Waals surface area contributed by atoms with Gasteiger partial charge in [0.15, 0.2) is 17.3 Å². The molecule has 1 aliphatic rings. The van der Waals surface area contributed by atoms with Gasteiger partial charge in [0.05, 0.1) is 6.26 Å². The van der Waals surface area contributed by atoms with Gasteiger partial charge in [-0.2, -0.15) is 9.78 Å². The van der Waals surface area contributed by atoms with Crippen molar-refractivity contribution in [2.24, 2.45) is 0 Å². The Morgan fingerprint density at radius 3 is 2.88 bits per heavy atom. The molecule has 4 heterocycles. The third-order valence-corrected chi connectivity index (χ3v) is 4.62. The second-order valence-corrected chi connectivity index (χ2v) is 6.95. The maximum Gasteiger partial charge on any atom is 0.252 e. The molecule has 0 unspecified atom stereocenters. The molecule has 2 N–H and O–H groups in total. The number of hydrogen-bond acceptors (Lipinski definition) is 7. The van der Waals surface area contributed by atoms with Crippen LogP contribution in [0.3, 0.4) is 0 Å². The molecule has 4 aromatic rings. The third-order valence-electron chi connectivity index (χ3n) is 4.62. The first-order valence-corrected chi connectivity index (χ1v) is 9.66. The average Bonchev–Trinajstić information content (AvgIpc) is 3.51. The number of nitrogens with zero attached hydrogens (tertiary/aromatic N) is 3. The molecule has 1 aliphatic heterocycles. The van der Waals surface area contributed by atoms with Crippen molar-refractivity contribution in [3.63, 3.8) is 0 Å². The zero-order valence-corrected chi connectivity index (χ0v) is 16.9. The quantitative estimate of drug-likeness (QED) is 0.466. The summed E-state index contributed by atoms with van der Waals surface area (Å²) in [4.78, 5) is 31.5. The fraction of sp³-hybridized carbons (Fsp3) is 0.0909. The largest absolute Gasteiger partial charge is 0.463 e. The Morgan fingerprint density at radius 2 is 2.06 bits per heavy atom. The molecule has 0 spiro atoms. The number of benzene rings is 1. The number of nitrogens with one attached hydrogen (secondary N) is 2. The monoisotopic (exact) mass is 431 g/mol. The van der Waals surface area contributed by atoms with Gasteiger partial charge in [0.2, 0.25) is 18.6 Å². The number of carbonyl (C=O) groups is 1. The standard InChI is InChI=1S/C22H17N5O5/c1-13-9-21(29)25-22(23-13)27-19(11-15(26-27)16-3-2-8-30-16)24-20(28)7-5-14-4-6-17-18(10-14)32-12-31-17/h2-11H,12H2,1H3,(H,24,28)(H,23,25,29)/b7-5-. The summed E-state index contributed by atoms with van der Waals surface area (Å²) in [5, 5.41) is 7.20. The molecule has 0 saturated heterocycles. The van der Waals surface area contributed by atoms with Gasteiger partial charge in [0.25, 0.3) is 5.56 Å². The van der Waals surface area contributed by atoms with Crippen molar-refractivity contribution < 1.29 is 18.7 Å². The van der Waals surface area contributed by atoms with Crippen molar-refractivity contribution in [2.45, 2.75) is 6.92 Å². The smallest absolute Gasteiger partial charge is 0.252 e. The van der Waals surface area contributed by atoms with Crippen LogP contribution in [0.5, 0.6) is 11.5 Å². The summed E-state index contributed by atoms with van der Waals surface area (Å²) < 4.78 is 17.4. The van der Waals surface area contributed by atoms with E-state index < -0.39 is 5.91 Å².